The molecule has 1 aromatic heterocycles. The molecule has 0 atom stereocenters. The predicted octanol–water partition coefficient (Wildman–Crippen LogP) is 2.21. The summed E-state index contributed by atoms with van der Waals surface area (Å²) in [6.45, 7) is 6.18. The molecular weight excluding hydrogens is 276 g/mol. The zero-order valence-corrected chi connectivity index (χ0v) is 13.3. The van der Waals surface area contributed by atoms with Crippen molar-refractivity contribution in [1.29, 1.82) is 0 Å². The second-order valence-electron chi connectivity index (χ2n) is 6.07. The summed E-state index contributed by atoms with van der Waals surface area (Å²) < 4.78 is 33.2. The minimum Gasteiger partial charge on any atom is -0.465 e. The van der Waals surface area contributed by atoms with Crippen molar-refractivity contribution in [3.8, 4) is 0 Å². The number of furan rings is 1. The summed E-state index contributed by atoms with van der Waals surface area (Å²) in [5, 5.41) is 0. The van der Waals surface area contributed by atoms with Gasteiger partial charge >= 0.3 is 0 Å². The number of hydrogen-bond acceptors (Lipinski definition) is 4. The van der Waals surface area contributed by atoms with Gasteiger partial charge in [0.2, 0.25) is 10.0 Å². The first-order valence-corrected chi connectivity index (χ1v) is 8.56. The second-order valence-corrected chi connectivity index (χ2v) is 7.77. The van der Waals surface area contributed by atoms with Gasteiger partial charge in [0.1, 0.15) is 16.4 Å². The summed E-state index contributed by atoms with van der Waals surface area (Å²) in [5.41, 5.74) is 6.30. The molecule has 0 aromatic carbocycles. The van der Waals surface area contributed by atoms with E-state index in [9.17, 15) is 8.42 Å². The van der Waals surface area contributed by atoms with Crippen LogP contribution in [0.5, 0.6) is 0 Å². The van der Waals surface area contributed by atoms with Crippen molar-refractivity contribution >= 4 is 10.0 Å². The van der Waals surface area contributed by atoms with Gasteiger partial charge in [0.15, 0.2) is 0 Å². The molecule has 0 amide bonds. The summed E-state index contributed by atoms with van der Waals surface area (Å²) in [6, 6.07) is 0. The maximum atomic E-state index is 12.5. The molecule has 5 nitrogen and oxygen atoms in total. The van der Waals surface area contributed by atoms with E-state index < -0.39 is 10.0 Å². The van der Waals surface area contributed by atoms with Crippen LogP contribution in [0.4, 0.5) is 0 Å². The standard InChI is InChI=1S/C14H24N2O3S/c1-10-12(8-15)13(11(2)19-10)20(17,18)16-9-14(3)6-4-5-7-14/h16H,4-9,15H2,1-3H3. The maximum absolute atomic E-state index is 12.5. The molecule has 0 aliphatic heterocycles. The molecule has 1 saturated carbocycles. The molecule has 2 rings (SSSR count). The van der Waals surface area contributed by atoms with Crippen LogP contribution in [0.1, 0.15) is 49.7 Å². The number of nitrogens with one attached hydrogen (secondary N) is 1. The highest BCUT2D eigenvalue weighted by Crippen LogP contribution is 2.37. The van der Waals surface area contributed by atoms with E-state index in [-0.39, 0.29) is 16.9 Å². The van der Waals surface area contributed by atoms with Gasteiger partial charge in [-0.3, -0.25) is 0 Å². The van der Waals surface area contributed by atoms with Gasteiger partial charge in [0.25, 0.3) is 0 Å². The molecule has 6 heteroatoms. The van der Waals surface area contributed by atoms with E-state index in [1.807, 2.05) is 0 Å². The third-order valence-electron chi connectivity index (χ3n) is 4.30. The topological polar surface area (TPSA) is 85.3 Å². The first-order chi connectivity index (χ1) is 9.29. The molecule has 1 aliphatic carbocycles. The van der Waals surface area contributed by atoms with Crippen molar-refractivity contribution < 1.29 is 12.8 Å². The van der Waals surface area contributed by atoms with Crippen LogP contribution >= 0.6 is 0 Å². The van der Waals surface area contributed by atoms with Crippen molar-refractivity contribution in [3.63, 3.8) is 0 Å². The van der Waals surface area contributed by atoms with Crippen molar-refractivity contribution in [2.75, 3.05) is 6.54 Å². The van der Waals surface area contributed by atoms with Crippen molar-refractivity contribution in [3.05, 3.63) is 17.1 Å². The van der Waals surface area contributed by atoms with E-state index in [1.54, 1.807) is 13.8 Å². The molecule has 1 aliphatic rings. The Kier molecular flexibility index (Phi) is 4.27. The molecule has 1 aromatic rings. The lowest BCUT2D eigenvalue weighted by Crippen LogP contribution is -2.34. The average molecular weight is 300 g/mol. The van der Waals surface area contributed by atoms with E-state index in [4.69, 9.17) is 10.2 Å². The average Bonchev–Trinajstić information content (AvgIpc) is 2.91. The van der Waals surface area contributed by atoms with E-state index in [0.29, 0.717) is 23.6 Å². The SMILES string of the molecule is Cc1oc(C)c(S(=O)(=O)NCC2(C)CCCC2)c1CN. The highest BCUT2D eigenvalue weighted by molar-refractivity contribution is 7.89. The number of hydrogen-bond donors (Lipinski definition) is 2. The van der Waals surface area contributed by atoms with Gasteiger partial charge in [-0.05, 0) is 32.1 Å². The summed E-state index contributed by atoms with van der Waals surface area (Å²) in [7, 11) is -3.56. The van der Waals surface area contributed by atoms with Crippen LogP contribution in [0.3, 0.4) is 0 Å². The van der Waals surface area contributed by atoms with Gasteiger partial charge in [-0.25, -0.2) is 13.1 Å². The largest absolute Gasteiger partial charge is 0.465 e. The maximum Gasteiger partial charge on any atom is 0.244 e. The zero-order valence-electron chi connectivity index (χ0n) is 12.5. The van der Waals surface area contributed by atoms with Crippen LogP contribution in [-0.4, -0.2) is 15.0 Å². The Morgan fingerprint density at radius 2 is 1.85 bits per heavy atom. The van der Waals surface area contributed by atoms with Crippen LogP contribution < -0.4 is 10.5 Å². The molecule has 0 radical (unpaired) electrons. The number of nitrogens with two attached hydrogens (primary N) is 1. The molecule has 1 fully saturated rings. The fraction of sp³-hybridized carbons (Fsp3) is 0.714. The van der Waals surface area contributed by atoms with Crippen molar-refractivity contribution in [1.82, 2.24) is 4.72 Å². The number of aryl methyl sites for hydroxylation is 2. The Hall–Kier alpha value is -0.850. The van der Waals surface area contributed by atoms with Gasteiger partial charge in [0.05, 0.1) is 0 Å². The lowest BCUT2D eigenvalue weighted by molar-refractivity contribution is 0.336. The van der Waals surface area contributed by atoms with Crippen LogP contribution in [-0.2, 0) is 16.6 Å². The lowest BCUT2D eigenvalue weighted by Gasteiger charge is -2.23. The normalized spacial score (nSPS) is 18.6. The zero-order chi connectivity index (χ0) is 15.0. The van der Waals surface area contributed by atoms with E-state index >= 15 is 0 Å². The fourth-order valence-corrected chi connectivity index (χ4v) is 4.70. The van der Waals surface area contributed by atoms with E-state index in [0.717, 1.165) is 12.8 Å². The summed E-state index contributed by atoms with van der Waals surface area (Å²) in [5.74, 6) is 0.990. The van der Waals surface area contributed by atoms with Crippen molar-refractivity contribution in [2.24, 2.45) is 11.1 Å². The van der Waals surface area contributed by atoms with Gasteiger partial charge in [-0.15, -0.1) is 0 Å². The van der Waals surface area contributed by atoms with Gasteiger partial charge in [-0.2, -0.15) is 0 Å². The highest BCUT2D eigenvalue weighted by atomic mass is 32.2. The molecule has 0 unspecified atom stereocenters. The van der Waals surface area contributed by atoms with Crippen LogP contribution in [0, 0.1) is 19.3 Å². The Morgan fingerprint density at radius 3 is 2.40 bits per heavy atom. The number of rotatable bonds is 5. The van der Waals surface area contributed by atoms with Gasteiger partial charge in [0, 0.05) is 18.7 Å². The molecule has 1 heterocycles. The lowest BCUT2D eigenvalue weighted by atomic mass is 9.89. The minimum absolute atomic E-state index is 0.0721. The molecule has 0 bridgehead atoms. The van der Waals surface area contributed by atoms with Crippen LogP contribution in [0.15, 0.2) is 9.31 Å². The molecule has 114 valence electrons. The summed E-state index contributed by atoms with van der Waals surface area (Å²) in [4.78, 5) is 0.221. The number of sulfonamides is 1. The monoisotopic (exact) mass is 300 g/mol. The summed E-state index contributed by atoms with van der Waals surface area (Å²) in [6.07, 6.45) is 4.50. The third kappa shape index (κ3) is 2.92. The van der Waals surface area contributed by atoms with E-state index in [1.165, 1.54) is 12.8 Å². The minimum atomic E-state index is -3.56. The van der Waals surface area contributed by atoms with Gasteiger partial charge in [-0.1, -0.05) is 19.8 Å². The molecule has 0 spiro atoms. The molecule has 20 heavy (non-hydrogen) atoms. The van der Waals surface area contributed by atoms with Crippen LogP contribution in [0.2, 0.25) is 0 Å². The second kappa shape index (κ2) is 5.50. The quantitative estimate of drug-likeness (QED) is 0.873. The van der Waals surface area contributed by atoms with Crippen molar-refractivity contribution in [2.45, 2.75) is 57.9 Å². The molecular formula is C14H24N2O3S. The first kappa shape index (κ1) is 15.5. The van der Waals surface area contributed by atoms with Gasteiger partial charge < -0.3 is 10.2 Å². The highest BCUT2D eigenvalue weighted by Gasteiger charge is 2.32. The Balaban J connectivity index is 2.22. The Bertz CT molecular complexity index is 584. The van der Waals surface area contributed by atoms with E-state index in [2.05, 4.69) is 11.6 Å². The third-order valence-corrected chi connectivity index (χ3v) is 5.89. The molecule has 3 N–H and O–H groups in total. The predicted molar refractivity (Wildman–Crippen MR) is 77.8 cm³/mol. The summed E-state index contributed by atoms with van der Waals surface area (Å²) >= 11 is 0. The Morgan fingerprint density at radius 1 is 1.25 bits per heavy atom. The smallest absolute Gasteiger partial charge is 0.244 e. The molecule has 0 saturated heterocycles. The fourth-order valence-electron chi connectivity index (χ4n) is 3.04. The Labute approximate surface area is 121 Å². The first-order valence-electron chi connectivity index (χ1n) is 7.08. The van der Waals surface area contributed by atoms with Crippen LogP contribution in [0.25, 0.3) is 0 Å².